The van der Waals surface area contributed by atoms with Gasteiger partial charge in [-0.05, 0) is 6.92 Å². The lowest BCUT2D eigenvalue weighted by molar-refractivity contribution is -0.155. The van der Waals surface area contributed by atoms with Gasteiger partial charge in [0.05, 0.1) is 19.3 Å². The van der Waals surface area contributed by atoms with E-state index in [0.29, 0.717) is 6.61 Å². The Morgan fingerprint density at radius 3 is 2.64 bits per heavy atom. The third-order valence-corrected chi connectivity index (χ3v) is 2.52. The molecule has 0 aliphatic carbocycles. The molecule has 0 aromatic heterocycles. The smallest absolute Gasteiger partial charge is 0.143 e. The minimum atomic E-state index is -0.829. The molecule has 0 saturated carbocycles. The average Bonchev–Trinajstić information content (AvgIpc) is 2.42. The molecule has 1 unspecified atom stereocenters. The van der Waals surface area contributed by atoms with Crippen molar-refractivity contribution in [2.75, 3.05) is 13.2 Å². The zero-order valence-electron chi connectivity index (χ0n) is 6.36. The summed E-state index contributed by atoms with van der Waals surface area (Å²) < 4.78 is 10.6. The van der Waals surface area contributed by atoms with Gasteiger partial charge in [-0.15, -0.1) is 0 Å². The second kappa shape index (κ2) is 2.17. The van der Waals surface area contributed by atoms with Crippen LogP contribution in [0.15, 0.2) is 0 Å². The topological polar surface area (TPSA) is 58.9 Å². The number of fused-ring (bicyclic) bond motifs is 2. The standard InChI is InChI=1S/C7H12O4/c1-4-5-6(9)7(2-8,11-4)3-10-5/h4-6,8-9H,2-3H2,1H3/t4-,5?,6-,7-/m0/s1. The highest BCUT2D eigenvalue weighted by atomic mass is 16.6. The van der Waals surface area contributed by atoms with E-state index in [-0.39, 0.29) is 18.8 Å². The fourth-order valence-electron chi connectivity index (χ4n) is 1.82. The van der Waals surface area contributed by atoms with Crippen molar-refractivity contribution in [3.8, 4) is 0 Å². The van der Waals surface area contributed by atoms with Crippen molar-refractivity contribution >= 4 is 0 Å². The monoisotopic (exact) mass is 160 g/mol. The molecule has 2 fully saturated rings. The minimum absolute atomic E-state index is 0.106. The van der Waals surface area contributed by atoms with Crippen LogP contribution >= 0.6 is 0 Å². The number of aliphatic hydroxyl groups excluding tert-OH is 2. The van der Waals surface area contributed by atoms with Gasteiger partial charge in [-0.2, -0.15) is 0 Å². The Morgan fingerprint density at radius 1 is 1.64 bits per heavy atom. The molecule has 0 amide bonds. The normalized spacial score (nSPS) is 55.4. The van der Waals surface area contributed by atoms with Gasteiger partial charge in [-0.3, -0.25) is 0 Å². The Morgan fingerprint density at radius 2 is 2.36 bits per heavy atom. The first-order chi connectivity index (χ1) is 5.19. The molecule has 4 atom stereocenters. The summed E-state index contributed by atoms with van der Waals surface area (Å²) in [5.41, 5.74) is -0.829. The molecule has 2 aliphatic heterocycles. The molecule has 2 N–H and O–H groups in total. The Balaban J connectivity index is 2.24. The van der Waals surface area contributed by atoms with Gasteiger partial charge in [0.25, 0.3) is 0 Å². The minimum Gasteiger partial charge on any atom is -0.393 e. The van der Waals surface area contributed by atoms with Gasteiger partial charge in [0, 0.05) is 0 Å². The molecule has 4 nitrogen and oxygen atoms in total. The van der Waals surface area contributed by atoms with Crippen LogP contribution in [0.2, 0.25) is 0 Å². The van der Waals surface area contributed by atoms with Gasteiger partial charge in [0.1, 0.15) is 17.8 Å². The van der Waals surface area contributed by atoms with Crippen molar-refractivity contribution in [2.45, 2.75) is 30.8 Å². The molecule has 2 rings (SSSR count). The molecule has 2 aliphatic rings. The molecule has 64 valence electrons. The van der Waals surface area contributed by atoms with Gasteiger partial charge in [-0.1, -0.05) is 0 Å². The summed E-state index contributed by atoms with van der Waals surface area (Å²) in [6, 6.07) is 0. The first kappa shape index (κ1) is 7.49. The van der Waals surface area contributed by atoms with Gasteiger partial charge < -0.3 is 19.7 Å². The first-order valence-electron chi connectivity index (χ1n) is 3.78. The van der Waals surface area contributed by atoms with Crippen molar-refractivity contribution in [1.29, 1.82) is 0 Å². The third-order valence-electron chi connectivity index (χ3n) is 2.52. The first-order valence-corrected chi connectivity index (χ1v) is 3.78. The van der Waals surface area contributed by atoms with E-state index < -0.39 is 11.7 Å². The van der Waals surface area contributed by atoms with Crippen molar-refractivity contribution in [3.63, 3.8) is 0 Å². The van der Waals surface area contributed by atoms with Gasteiger partial charge in [0.15, 0.2) is 0 Å². The second-order valence-corrected chi connectivity index (χ2v) is 3.27. The zero-order chi connectivity index (χ0) is 8.06. The summed E-state index contributed by atoms with van der Waals surface area (Å²) in [7, 11) is 0. The Kier molecular flexibility index (Phi) is 1.47. The largest absolute Gasteiger partial charge is 0.393 e. The molecule has 0 aromatic carbocycles. The highest BCUT2D eigenvalue weighted by molar-refractivity contribution is 5.06. The van der Waals surface area contributed by atoms with Crippen molar-refractivity contribution < 1.29 is 19.7 Å². The van der Waals surface area contributed by atoms with Crippen molar-refractivity contribution in [2.24, 2.45) is 0 Å². The Bertz CT molecular complexity index is 172. The average molecular weight is 160 g/mol. The van der Waals surface area contributed by atoms with Crippen LogP contribution in [-0.4, -0.2) is 47.3 Å². The molecular weight excluding hydrogens is 148 g/mol. The molecule has 11 heavy (non-hydrogen) atoms. The number of rotatable bonds is 1. The third kappa shape index (κ3) is 0.780. The van der Waals surface area contributed by atoms with Crippen LogP contribution in [0.3, 0.4) is 0 Å². The van der Waals surface area contributed by atoms with E-state index >= 15 is 0 Å². The summed E-state index contributed by atoms with van der Waals surface area (Å²) in [5.74, 6) is 0. The maximum atomic E-state index is 9.54. The molecule has 4 heteroatoms. The van der Waals surface area contributed by atoms with Crippen molar-refractivity contribution in [1.82, 2.24) is 0 Å². The summed E-state index contributed by atoms with van der Waals surface area (Å²) in [4.78, 5) is 0. The molecular formula is C7H12O4. The van der Waals surface area contributed by atoms with E-state index in [2.05, 4.69) is 0 Å². The molecule has 0 spiro atoms. The molecule has 0 aromatic rings. The second-order valence-electron chi connectivity index (χ2n) is 3.27. The lowest BCUT2D eigenvalue weighted by Crippen LogP contribution is -2.44. The van der Waals surface area contributed by atoms with E-state index in [9.17, 15) is 5.11 Å². The Labute approximate surface area is 64.7 Å². The fraction of sp³-hybridized carbons (Fsp3) is 1.00. The summed E-state index contributed by atoms with van der Waals surface area (Å²) in [6.07, 6.45) is -1.02. The lowest BCUT2D eigenvalue weighted by Gasteiger charge is -2.26. The summed E-state index contributed by atoms with van der Waals surface area (Å²) in [5, 5.41) is 18.5. The van der Waals surface area contributed by atoms with E-state index in [1.54, 1.807) is 0 Å². The van der Waals surface area contributed by atoms with Crippen LogP contribution in [0.25, 0.3) is 0 Å². The van der Waals surface area contributed by atoms with Crippen LogP contribution in [-0.2, 0) is 9.47 Å². The maximum Gasteiger partial charge on any atom is 0.143 e. The van der Waals surface area contributed by atoms with Crippen LogP contribution in [0, 0.1) is 0 Å². The van der Waals surface area contributed by atoms with E-state index in [1.165, 1.54) is 0 Å². The van der Waals surface area contributed by atoms with E-state index in [4.69, 9.17) is 14.6 Å². The van der Waals surface area contributed by atoms with E-state index in [0.717, 1.165) is 0 Å². The van der Waals surface area contributed by atoms with Gasteiger partial charge in [0.2, 0.25) is 0 Å². The van der Waals surface area contributed by atoms with Gasteiger partial charge >= 0.3 is 0 Å². The molecule has 2 saturated heterocycles. The molecule has 0 radical (unpaired) electrons. The SMILES string of the molecule is C[C@@H]1O[C@@]2(CO)COC1[C@@H]2O. The number of ether oxygens (including phenoxy) is 2. The highest BCUT2D eigenvalue weighted by Crippen LogP contribution is 2.39. The number of aliphatic hydroxyl groups is 2. The predicted molar refractivity (Wildman–Crippen MR) is 36.1 cm³/mol. The summed E-state index contributed by atoms with van der Waals surface area (Å²) in [6.45, 7) is 1.97. The maximum absolute atomic E-state index is 9.54. The predicted octanol–water partition coefficient (Wildman–Crippen LogP) is -1.10. The molecule has 2 bridgehead atoms. The van der Waals surface area contributed by atoms with Crippen LogP contribution < -0.4 is 0 Å². The van der Waals surface area contributed by atoms with Gasteiger partial charge in [-0.25, -0.2) is 0 Å². The lowest BCUT2D eigenvalue weighted by atomic mass is 10.0. The summed E-state index contributed by atoms with van der Waals surface area (Å²) >= 11 is 0. The van der Waals surface area contributed by atoms with Crippen LogP contribution in [0.1, 0.15) is 6.92 Å². The number of hydrogen-bond donors (Lipinski definition) is 2. The molecule has 2 heterocycles. The Hall–Kier alpha value is -0.160. The zero-order valence-corrected chi connectivity index (χ0v) is 6.36. The highest BCUT2D eigenvalue weighted by Gasteiger charge is 2.59. The quantitative estimate of drug-likeness (QED) is 0.511. The van der Waals surface area contributed by atoms with Crippen LogP contribution in [0.5, 0.6) is 0 Å². The van der Waals surface area contributed by atoms with E-state index in [1.807, 2.05) is 6.92 Å². The number of hydrogen-bond acceptors (Lipinski definition) is 4. The fourth-order valence-corrected chi connectivity index (χ4v) is 1.82. The van der Waals surface area contributed by atoms with Crippen molar-refractivity contribution in [3.05, 3.63) is 0 Å². The van der Waals surface area contributed by atoms with Crippen LogP contribution in [0.4, 0.5) is 0 Å².